The van der Waals surface area contributed by atoms with Gasteiger partial charge in [0.15, 0.2) is 28.8 Å². The lowest BCUT2D eigenvalue weighted by Crippen LogP contribution is -2.31. The summed E-state index contributed by atoms with van der Waals surface area (Å²) in [6.45, 7) is 4.73. The highest BCUT2D eigenvalue weighted by molar-refractivity contribution is 5.47. The molecule has 0 bridgehead atoms. The molecule has 172 valence electrons. The van der Waals surface area contributed by atoms with Gasteiger partial charge in [-0.2, -0.15) is 0 Å². The van der Waals surface area contributed by atoms with Crippen molar-refractivity contribution in [1.29, 1.82) is 0 Å². The van der Waals surface area contributed by atoms with Crippen molar-refractivity contribution in [3.05, 3.63) is 83.4 Å². The first-order valence-corrected chi connectivity index (χ1v) is 11.1. The molecule has 3 aromatic carbocycles. The van der Waals surface area contributed by atoms with Gasteiger partial charge in [0.25, 0.3) is 0 Å². The van der Waals surface area contributed by atoms with Crippen LogP contribution in [0.15, 0.2) is 66.7 Å². The molecule has 1 N–H and O–H groups in total. The zero-order valence-corrected chi connectivity index (χ0v) is 19.0. The third kappa shape index (κ3) is 3.90. The smallest absolute Gasteiger partial charge is 0.231 e. The highest BCUT2D eigenvalue weighted by atomic mass is 16.7. The maximum Gasteiger partial charge on any atom is 0.231 e. The zero-order chi connectivity index (χ0) is 23.0. The van der Waals surface area contributed by atoms with Crippen LogP contribution in [0, 0.1) is 11.8 Å². The van der Waals surface area contributed by atoms with Crippen LogP contribution in [0.2, 0.25) is 0 Å². The van der Waals surface area contributed by atoms with Crippen molar-refractivity contribution in [2.24, 2.45) is 11.8 Å². The van der Waals surface area contributed by atoms with Crippen molar-refractivity contribution in [2.75, 3.05) is 13.9 Å². The lowest BCUT2D eigenvalue weighted by atomic mass is 9.83. The van der Waals surface area contributed by atoms with Crippen LogP contribution in [0.5, 0.6) is 23.0 Å². The summed E-state index contributed by atoms with van der Waals surface area (Å²) < 4.78 is 28.8. The molecule has 2 aliphatic rings. The Morgan fingerprint density at radius 3 is 2.52 bits per heavy atom. The lowest BCUT2D eigenvalue weighted by Gasteiger charge is -2.28. The van der Waals surface area contributed by atoms with E-state index >= 15 is 0 Å². The fourth-order valence-electron chi connectivity index (χ4n) is 4.56. The van der Waals surface area contributed by atoms with Crippen molar-refractivity contribution in [1.82, 2.24) is 0 Å². The number of fused-ring (bicyclic) bond motifs is 1. The van der Waals surface area contributed by atoms with Crippen LogP contribution in [0.1, 0.15) is 36.6 Å². The maximum absolute atomic E-state index is 11.6. The van der Waals surface area contributed by atoms with Gasteiger partial charge in [0.05, 0.1) is 13.2 Å². The Hall–Kier alpha value is -3.22. The topological polar surface area (TPSA) is 66.4 Å². The van der Waals surface area contributed by atoms with Gasteiger partial charge in [-0.3, -0.25) is 0 Å². The number of methoxy groups -OCH3 is 1. The highest BCUT2D eigenvalue weighted by Crippen LogP contribution is 2.53. The molecule has 0 radical (unpaired) electrons. The molecular weight excluding hydrogens is 420 g/mol. The Morgan fingerprint density at radius 2 is 1.73 bits per heavy atom. The van der Waals surface area contributed by atoms with E-state index in [4.69, 9.17) is 23.7 Å². The Bertz CT molecular complexity index is 1130. The van der Waals surface area contributed by atoms with Crippen LogP contribution in [0.4, 0.5) is 0 Å². The van der Waals surface area contributed by atoms with Gasteiger partial charge >= 0.3 is 0 Å². The summed E-state index contributed by atoms with van der Waals surface area (Å²) in [5, 5.41) is 11.6. The quantitative estimate of drug-likeness (QED) is 0.560. The summed E-state index contributed by atoms with van der Waals surface area (Å²) in [5.41, 5.74) is 2.66. The average Bonchev–Trinajstić information content (AvgIpc) is 3.42. The summed E-state index contributed by atoms with van der Waals surface area (Å²) >= 11 is 0. The van der Waals surface area contributed by atoms with Crippen LogP contribution < -0.4 is 18.9 Å². The maximum atomic E-state index is 11.6. The fraction of sp³-hybridized carbons (Fsp3) is 0.333. The Balaban J connectivity index is 1.38. The average molecular weight is 449 g/mol. The first-order chi connectivity index (χ1) is 16.0. The summed E-state index contributed by atoms with van der Waals surface area (Å²) in [7, 11) is 1.62. The molecule has 0 amide bonds. The van der Waals surface area contributed by atoms with Crippen molar-refractivity contribution >= 4 is 0 Å². The summed E-state index contributed by atoms with van der Waals surface area (Å²) in [4.78, 5) is 0. The molecule has 5 rings (SSSR count). The van der Waals surface area contributed by atoms with E-state index in [1.165, 1.54) is 0 Å². The number of hydrogen-bond acceptors (Lipinski definition) is 6. The van der Waals surface area contributed by atoms with Gasteiger partial charge in [-0.25, -0.2) is 0 Å². The van der Waals surface area contributed by atoms with E-state index in [1.807, 2.05) is 67.6 Å². The third-order valence-electron chi connectivity index (χ3n) is 6.73. The number of benzene rings is 3. The normalized spacial score (nSPS) is 25.8. The number of rotatable bonds is 6. The van der Waals surface area contributed by atoms with Crippen molar-refractivity contribution in [3.63, 3.8) is 0 Å². The highest BCUT2D eigenvalue weighted by Gasteiger charge is 2.51. The summed E-state index contributed by atoms with van der Waals surface area (Å²) in [5.74, 6) is 1.05. The Labute approximate surface area is 193 Å². The van der Waals surface area contributed by atoms with Gasteiger partial charge in [0, 0.05) is 11.5 Å². The van der Waals surface area contributed by atoms with Crippen molar-refractivity contribution in [2.45, 2.75) is 32.3 Å². The molecule has 33 heavy (non-hydrogen) atoms. The first kappa shape index (κ1) is 21.6. The van der Waals surface area contributed by atoms with E-state index in [9.17, 15) is 5.11 Å². The lowest BCUT2D eigenvalue weighted by molar-refractivity contribution is -0.220. The second-order valence-electron chi connectivity index (χ2n) is 8.64. The molecule has 0 aliphatic carbocycles. The van der Waals surface area contributed by atoms with Gasteiger partial charge in [-0.15, -0.1) is 0 Å². The van der Waals surface area contributed by atoms with Crippen LogP contribution in [0.25, 0.3) is 0 Å². The standard InChI is InChI=1S/C27H28O6/c1-17-18(2)27(28,21-10-12-23-25(14-21)32-16-31-23)33-26(17)20-9-11-22(24(13-20)29-3)30-15-19-7-5-4-6-8-19/h4-14,17-18,26,28H,15-16H2,1-3H3/t17-,18+,26-,27?/m0/s1. The summed E-state index contributed by atoms with van der Waals surface area (Å²) in [6, 6.07) is 21.2. The van der Waals surface area contributed by atoms with Crippen LogP contribution in [-0.2, 0) is 17.1 Å². The molecule has 0 aromatic heterocycles. The minimum atomic E-state index is -1.44. The second-order valence-corrected chi connectivity index (χ2v) is 8.64. The molecule has 2 aliphatic heterocycles. The molecule has 0 spiro atoms. The molecule has 1 fully saturated rings. The monoisotopic (exact) mass is 448 g/mol. The molecule has 1 saturated heterocycles. The predicted octanol–water partition coefficient (Wildman–Crippen LogP) is 5.19. The largest absolute Gasteiger partial charge is 0.493 e. The SMILES string of the molecule is COc1cc([C@H]2OC(O)(c3ccc4c(c3)OCO4)[C@H](C)[C@@H]2C)ccc1OCc1ccccc1. The third-order valence-corrected chi connectivity index (χ3v) is 6.73. The van der Waals surface area contributed by atoms with Gasteiger partial charge in [-0.05, 0) is 47.4 Å². The minimum Gasteiger partial charge on any atom is -0.493 e. The first-order valence-electron chi connectivity index (χ1n) is 11.1. The van der Waals surface area contributed by atoms with Crippen molar-refractivity contribution in [3.8, 4) is 23.0 Å². The zero-order valence-electron chi connectivity index (χ0n) is 19.0. The molecule has 6 heteroatoms. The molecule has 0 saturated carbocycles. The Morgan fingerprint density at radius 1 is 0.939 bits per heavy atom. The van der Waals surface area contributed by atoms with E-state index in [1.54, 1.807) is 13.2 Å². The minimum absolute atomic E-state index is 0.0567. The molecule has 4 atom stereocenters. The van der Waals surface area contributed by atoms with Gasteiger partial charge in [0.1, 0.15) is 6.61 Å². The van der Waals surface area contributed by atoms with Gasteiger partial charge in [-0.1, -0.05) is 50.2 Å². The van der Waals surface area contributed by atoms with Crippen LogP contribution >= 0.6 is 0 Å². The van der Waals surface area contributed by atoms with E-state index in [0.717, 1.165) is 11.1 Å². The Kier molecular flexibility index (Phi) is 5.64. The van der Waals surface area contributed by atoms with E-state index in [-0.39, 0.29) is 24.7 Å². The van der Waals surface area contributed by atoms with Crippen LogP contribution in [0.3, 0.4) is 0 Å². The summed E-state index contributed by atoms with van der Waals surface area (Å²) in [6.07, 6.45) is -0.313. The number of aliphatic hydroxyl groups is 1. The molecular formula is C27H28O6. The second kappa shape index (κ2) is 8.61. The fourth-order valence-corrected chi connectivity index (χ4v) is 4.56. The number of hydrogen-bond donors (Lipinski definition) is 1. The number of ether oxygens (including phenoxy) is 5. The van der Waals surface area contributed by atoms with Crippen molar-refractivity contribution < 1.29 is 28.8 Å². The van der Waals surface area contributed by atoms with Crippen LogP contribution in [-0.4, -0.2) is 19.0 Å². The van der Waals surface area contributed by atoms with E-state index in [0.29, 0.717) is 35.2 Å². The van der Waals surface area contributed by atoms with Gasteiger partial charge < -0.3 is 28.8 Å². The predicted molar refractivity (Wildman–Crippen MR) is 122 cm³/mol. The van der Waals surface area contributed by atoms with E-state index in [2.05, 4.69) is 6.92 Å². The molecule has 6 nitrogen and oxygen atoms in total. The molecule has 2 heterocycles. The molecule has 1 unspecified atom stereocenters. The molecule has 3 aromatic rings. The van der Waals surface area contributed by atoms with Gasteiger partial charge in [0.2, 0.25) is 6.79 Å². The van der Waals surface area contributed by atoms with E-state index < -0.39 is 5.79 Å².